The van der Waals surface area contributed by atoms with E-state index < -0.39 is 0 Å². The molecule has 1 saturated carbocycles. The minimum absolute atomic E-state index is 0.394. The summed E-state index contributed by atoms with van der Waals surface area (Å²) in [5, 5.41) is 0. The molecular formula is C14H25N5O. The van der Waals surface area contributed by atoms with Gasteiger partial charge in [0.2, 0.25) is 0 Å². The maximum Gasteiger partial charge on any atom is 0.158 e. The van der Waals surface area contributed by atoms with Crippen LogP contribution in [0, 0.1) is 5.92 Å². The molecule has 2 rings (SSSR count). The van der Waals surface area contributed by atoms with Crippen LogP contribution in [0.3, 0.4) is 0 Å². The van der Waals surface area contributed by atoms with Crippen LogP contribution in [-0.4, -0.2) is 29.7 Å². The second kappa shape index (κ2) is 6.85. The molecule has 1 aromatic rings. The van der Waals surface area contributed by atoms with Crippen LogP contribution in [0.15, 0.2) is 6.07 Å². The van der Waals surface area contributed by atoms with E-state index in [1.807, 2.05) is 6.07 Å². The summed E-state index contributed by atoms with van der Waals surface area (Å²) in [6.45, 7) is 5.91. The van der Waals surface area contributed by atoms with Crippen molar-refractivity contribution in [1.29, 1.82) is 0 Å². The quantitative estimate of drug-likeness (QED) is 0.559. The molecule has 0 spiro atoms. The van der Waals surface area contributed by atoms with Gasteiger partial charge in [0, 0.05) is 25.8 Å². The molecule has 0 atom stereocenters. The van der Waals surface area contributed by atoms with Gasteiger partial charge in [0.05, 0.1) is 0 Å². The number of nitrogens with two attached hydrogens (primary N) is 1. The third-order valence-electron chi connectivity index (χ3n) is 3.41. The summed E-state index contributed by atoms with van der Waals surface area (Å²) < 4.78 is 5.12. The minimum atomic E-state index is 0.394. The van der Waals surface area contributed by atoms with Gasteiger partial charge in [0.15, 0.2) is 5.82 Å². The first-order valence-corrected chi connectivity index (χ1v) is 7.24. The Kier molecular flexibility index (Phi) is 5.14. The fourth-order valence-electron chi connectivity index (χ4n) is 2.17. The fraction of sp³-hybridized carbons (Fsp3) is 0.714. The van der Waals surface area contributed by atoms with Crippen LogP contribution in [0.1, 0.15) is 38.9 Å². The van der Waals surface area contributed by atoms with Gasteiger partial charge in [0.1, 0.15) is 18.2 Å². The topological polar surface area (TPSA) is 76.3 Å². The van der Waals surface area contributed by atoms with Gasteiger partial charge in [-0.2, -0.15) is 0 Å². The zero-order chi connectivity index (χ0) is 14.5. The van der Waals surface area contributed by atoms with Gasteiger partial charge < -0.3 is 15.1 Å². The lowest BCUT2D eigenvalue weighted by atomic mass is 10.1. The molecule has 0 aliphatic heterocycles. The third-order valence-corrected chi connectivity index (χ3v) is 3.41. The molecule has 0 saturated heterocycles. The molecule has 0 unspecified atom stereocenters. The molecule has 6 heteroatoms. The average molecular weight is 279 g/mol. The normalized spacial score (nSPS) is 14.7. The third kappa shape index (κ3) is 4.05. The van der Waals surface area contributed by atoms with Crippen LogP contribution in [0.5, 0.6) is 0 Å². The molecule has 0 aromatic carbocycles. The summed E-state index contributed by atoms with van der Waals surface area (Å²) in [5.41, 5.74) is 2.61. The predicted octanol–water partition coefficient (Wildman–Crippen LogP) is 1.92. The van der Waals surface area contributed by atoms with Crippen LogP contribution in [-0.2, 0) is 11.3 Å². The monoisotopic (exact) mass is 279 g/mol. The molecular weight excluding hydrogens is 254 g/mol. The average Bonchev–Trinajstić information content (AvgIpc) is 3.23. The number of nitrogens with zero attached hydrogens (tertiary/aromatic N) is 3. The number of methoxy groups -OCH3 is 1. The van der Waals surface area contributed by atoms with Crippen LogP contribution < -0.4 is 16.2 Å². The Labute approximate surface area is 120 Å². The number of nitrogens with one attached hydrogen (secondary N) is 1. The van der Waals surface area contributed by atoms with E-state index in [1.54, 1.807) is 7.11 Å². The summed E-state index contributed by atoms with van der Waals surface area (Å²) in [5.74, 6) is 8.43. The van der Waals surface area contributed by atoms with Crippen LogP contribution in [0.4, 0.5) is 11.6 Å². The number of nitrogen functional groups attached to an aromatic ring is 1. The molecule has 1 aliphatic rings. The number of aromatic nitrogens is 2. The van der Waals surface area contributed by atoms with E-state index in [4.69, 9.17) is 10.6 Å². The lowest BCUT2D eigenvalue weighted by Gasteiger charge is -2.25. The zero-order valence-electron chi connectivity index (χ0n) is 12.6. The van der Waals surface area contributed by atoms with Gasteiger partial charge in [-0.1, -0.05) is 13.8 Å². The molecule has 3 N–H and O–H groups in total. The van der Waals surface area contributed by atoms with E-state index in [0.29, 0.717) is 30.2 Å². The minimum Gasteiger partial charge on any atom is -0.377 e. The standard InChI is InChI=1S/C14H25N5O/c1-10(2)6-7-19(11-4-5-11)14-8-12(18-15)16-13(17-14)9-20-3/h8,10-11H,4-7,9,15H2,1-3H3,(H,16,17,18). The van der Waals surface area contributed by atoms with E-state index >= 15 is 0 Å². The van der Waals surface area contributed by atoms with Gasteiger partial charge in [0.25, 0.3) is 0 Å². The van der Waals surface area contributed by atoms with E-state index in [0.717, 1.165) is 18.8 Å². The maximum atomic E-state index is 5.50. The Bertz CT molecular complexity index is 434. The van der Waals surface area contributed by atoms with Crippen LogP contribution in [0.25, 0.3) is 0 Å². The molecule has 1 fully saturated rings. The van der Waals surface area contributed by atoms with E-state index in [-0.39, 0.29) is 0 Å². The van der Waals surface area contributed by atoms with Crippen molar-refractivity contribution in [2.24, 2.45) is 11.8 Å². The van der Waals surface area contributed by atoms with E-state index in [9.17, 15) is 0 Å². The summed E-state index contributed by atoms with van der Waals surface area (Å²) in [4.78, 5) is 11.3. The highest BCUT2D eigenvalue weighted by molar-refractivity contribution is 5.50. The van der Waals surface area contributed by atoms with Gasteiger partial charge in [-0.15, -0.1) is 0 Å². The van der Waals surface area contributed by atoms with Crippen molar-refractivity contribution in [1.82, 2.24) is 9.97 Å². The Morgan fingerprint density at radius 2 is 2.20 bits per heavy atom. The summed E-state index contributed by atoms with van der Waals surface area (Å²) in [6, 6.07) is 2.53. The summed E-state index contributed by atoms with van der Waals surface area (Å²) in [7, 11) is 1.64. The second-order valence-corrected chi connectivity index (χ2v) is 5.71. The number of rotatable bonds is 8. The first kappa shape index (κ1) is 15.0. The first-order chi connectivity index (χ1) is 9.63. The van der Waals surface area contributed by atoms with Gasteiger partial charge in [-0.05, 0) is 25.2 Å². The highest BCUT2D eigenvalue weighted by atomic mass is 16.5. The van der Waals surface area contributed by atoms with Crippen molar-refractivity contribution in [3.63, 3.8) is 0 Å². The number of ether oxygens (including phenoxy) is 1. The Hall–Kier alpha value is -1.40. The highest BCUT2D eigenvalue weighted by Gasteiger charge is 2.30. The van der Waals surface area contributed by atoms with Gasteiger partial charge in [-0.3, -0.25) is 0 Å². The van der Waals surface area contributed by atoms with Gasteiger partial charge >= 0.3 is 0 Å². The van der Waals surface area contributed by atoms with Crippen molar-refractivity contribution >= 4 is 11.6 Å². The Morgan fingerprint density at radius 3 is 2.75 bits per heavy atom. The number of anilines is 2. The van der Waals surface area contributed by atoms with E-state index in [2.05, 4.69) is 34.1 Å². The molecule has 20 heavy (non-hydrogen) atoms. The van der Waals surface area contributed by atoms with Gasteiger partial charge in [-0.25, -0.2) is 15.8 Å². The molecule has 0 bridgehead atoms. The molecule has 112 valence electrons. The zero-order valence-corrected chi connectivity index (χ0v) is 12.6. The fourth-order valence-corrected chi connectivity index (χ4v) is 2.17. The van der Waals surface area contributed by atoms with Crippen molar-refractivity contribution < 1.29 is 4.74 Å². The number of hydrogen-bond donors (Lipinski definition) is 2. The molecule has 0 amide bonds. The lowest BCUT2D eigenvalue weighted by molar-refractivity contribution is 0.178. The Morgan fingerprint density at radius 1 is 1.45 bits per heavy atom. The molecule has 1 aromatic heterocycles. The molecule has 6 nitrogen and oxygen atoms in total. The Balaban J connectivity index is 2.19. The maximum absolute atomic E-state index is 5.50. The summed E-state index contributed by atoms with van der Waals surface area (Å²) >= 11 is 0. The van der Waals surface area contributed by atoms with Crippen molar-refractivity contribution in [3.05, 3.63) is 11.9 Å². The van der Waals surface area contributed by atoms with E-state index in [1.165, 1.54) is 12.8 Å². The second-order valence-electron chi connectivity index (χ2n) is 5.71. The molecule has 1 heterocycles. The van der Waals surface area contributed by atoms with Crippen molar-refractivity contribution in [3.8, 4) is 0 Å². The largest absolute Gasteiger partial charge is 0.377 e. The SMILES string of the molecule is COCc1nc(NN)cc(N(CCC(C)C)C2CC2)n1. The number of hydrogen-bond acceptors (Lipinski definition) is 6. The predicted molar refractivity (Wildman–Crippen MR) is 80.4 cm³/mol. The molecule has 0 radical (unpaired) electrons. The van der Waals surface area contributed by atoms with Crippen LogP contribution >= 0.6 is 0 Å². The highest BCUT2D eigenvalue weighted by Crippen LogP contribution is 2.32. The smallest absolute Gasteiger partial charge is 0.158 e. The number of hydrazine groups is 1. The van der Waals surface area contributed by atoms with Crippen molar-refractivity contribution in [2.75, 3.05) is 24.0 Å². The molecule has 1 aliphatic carbocycles. The summed E-state index contributed by atoms with van der Waals surface area (Å²) in [6.07, 6.45) is 3.64. The van der Waals surface area contributed by atoms with Crippen LogP contribution in [0.2, 0.25) is 0 Å². The first-order valence-electron chi connectivity index (χ1n) is 7.24. The van der Waals surface area contributed by atoms with Crippen molar-refractivity contribution in [2.45, 2.75) is 45.8 Å². The lowest BCUT2D eigenvalue weighted by Crippen LogP contribution is -2.29.